The van der Waals surface area contributed by atoms with Gasteiger partial charge in [-0.25, -0.2) is 9.18 Å². The molecule has 6 nitrogen and oxygen atoms in total. The van der Waals surface area contributed by atoms with Crippen molar-refractivity contribution in [2.45, 2.75) is 0 Å². The van der Waals surface area contributed by atoms with Gasteiger partial charge in [-0.1, -0.05) is 11.6 Å². The van der Waals surface area contributed by atoms with Gasteiger partial charge in [-0.15, -0.1) is 0 Å². The van der Waals surface area contributed by atoms with Crippen molar-refractivity contribution in [3.8, 4) is 11.5 Å². The van der Waals surface area contributed by atoms with Crippen LogP contribution >= 0.6 is 11.6 Å². The number of halogens is 2. The van der Waals surface area contributed by atoms with E-state index in [-0.39, 0.29) is 11.1 Å². The van der Waals surface area contributed by atoms with Crippen molar-refractivity contribution in [2.24, 2.45) is 0 Å². The molecule has 2 aromatic carbocycles. The Hall–Kier alpha value is -2.67. The number of hydrogen-bond donors (Lipinski definition) is 1. The van der Waals surface area contributed by atoms with E-state index in [1.165, 1.54) is 18.2 Å². The second kappa shape index (κ2) is 8.35. The number of nitrogens with zero attached hydrogens (tertiary/aromatic N) is 2. The normalized spacial score (nSPS) is 14.1. The molecular formula is C19H21ClFN3O3. The largest absolute Gasteiger partial charge is 0.497 e. The zero-order valence-corrected chi connectivity index (χ0v) is 15.9. The molecule has 1 heterocycles. The third-order valence-electron chi connectivity index (χ3n) is 4.47. The number of carbonyl (C=O) groups is 1. The Morgan fingerprint density at radius 2 is 1.81 bits per heavy atom. The van der Waals surface area contributed by atoms with Gasteiger partial charge in [0.15, 0.2) is 0 Å². The molecule has 0 spiro atoms. The van der Waals surface area contributed by atoms with E-state index in [4.69, 9.17) is 21.1 Å². The average Bonchev–Trinajstić information content (AvgIpc) is 2.70. The van der Waals surface area contributed by atoms with Crippen LogP contribution in [0.3, 0.4) is 0 Å². The maximum absolute atomic E-state index is 13.2. The summed E-state index contributed by atoms with van der Waals surface area (Å²) in [6.45, 7) is 2.44. The monoisotopic (exact) mass is 393 g/mol. The van der Waals surface area contributed by atoms with Crippen molar-refractivity contribution >= 4 is 29.0 Å². The summed E-state index contributed by atoms with van der Waals surface area (Å²) < 4.78 is 23.9. The van der Waals surface area contributed by atoms with E-state index in [1.807, 2.05) is 18.2 Å². The first-order valence-electron chi connectivity index (χ1n) is 8.50. The van der Waals surface area contributed by atoms with Crippen molar-refractivity contribution in [2.75, 3.05) is 50.6 Å². The summed E-state index contributed by atoms with van der Waals surface area (Å²) in [5.74, 6) is 0.941. The van der Waals surface area contributed by atoms with E-state index in [9.17, 15) is 9.18 Å². The topological polar surface area (TPSA) is 54.0 Å². The third kappa shape index (κ3) is 4.36. The number of hydrogen-bond acceptors (Lipinski definition) is 4. The summed E-state index contributed by atoms with van der Waals surface area (Å²) in [7, 11) is 3.23. The molecule has 0 radical (unpaired) electrons. The minimum Gasteiger partial charge on any atom is -0.497 e. The maximum Gasteiger partial charge on any atom is 0.321 e. The second-order valence-electron chi connectivity index (χ2n) is 6.07. The molecule has 0 bridgehead atoms. The molecule has 2 aromatic rings. The Balaban J connectivity index is 1.61. The Kier molecular flexibility index (Phi) is 5.91. The van der Waals surface area contributed by atoms with Crippen molar-refractivity contribution in [3.63, 3.8) is 0 Å². The minimum atomic E-state index is -0.517. The maximum atomic E-state index is 13.2. The molecule has 2 amide bonds. The number of anilines is 2. The first-order chi connectivity index (χ1) is 13.0. The van der Waals surface area contributed by atoms with Crippen LogP contribution in [-0.4, -0.2) is 51.3 Å². The molecule has 1 saturated heterocycles. The molecule has 1 aliphatic heterocycles. The molecule has 0 saturated carbocycles. The van der Waals surface area contributed by atoms with E-state index in [2.05, 4.69) is 10.2 Å². The minimum absolute atomic E-state index is 0.0239. The van der Waals surface area contributed by atoms with Gasteiger partial charge in [0.25, 0.3) is 0 Å². The quantitative estimate of drug-likeness (QED) is 0.857. The van der Waals surface area contributed by atoms with Crippen LogP contribution < -0.4 is 19.7 Å². The van der Waals surface area contributed by atoms with Crippen LogP contribution in [0.1, 0.15) is 0 Å². The molecule has 144 valence electrons. The van der Waals surface area contributed by atoms with Gasteiger partial charge in [0, 0.05) is 37.9 Å². The summed E-state index contributed by atoms with van der Waals surface area (Å²) in [5.41, 5.74) is 1.43. The van der Waals surface area contributed by atoms with Crippen molar-refractivity contribution < 1.29 is 18.7 Å². The lowest BCUT2D eigenvalue weighted by molar-refractivity contribution is 0.208. The van der Waals surface area contributed by atoms with Crippen molar-refractivity contribution in [1.82, 2.24) is 4.90 Å². The van der Waals surface area contributed by atoms with Gasteiger partial charge >= 0.3 is 6.03 Å². The molecule has 8 heteroatoms. The fourth-order valence-electron chi connectivity index (χ4n) is 2.97. The molecule has 0 unspecified atom stereocenters. The first-order valence-corrected chi connectivity index (χ1v) is 8.87. The number of amides is 2. The van der Waals surface area contributed by atoms with Crippen molar-refractivity contribution in [3.05, 3.63) is 47.2 Å². The summed E-state index contributed by atoms with van der Waals surface area (Å²) in [6.07, 6.45) is 0. The van der Waals surface area contributed by atoms with Gasteiger partial charge in [-0.2, -0.15) is 0 Å². The smallest absolute Gasteiger partial charge is 0.321 e. The molecule has 1 N–H and O–H groups in total. The van der Waals surface area contributed by atoms with Crippen LogP contribution in [0.25, 0.3) is 0 Å². The molecule has 3 rings (SSSR count). The summed E-state index contributed by atoms with van der Waals surface area (Å²) in [4.78, 5) is 16.3. The lowest BCUT2D eigenvalue weighted by Crippen LogP contribution is -2.50. The highest BCUT2D eigenvalue weighted by Gasteiger charge is 2.23. The molecular weight excluding hydrogens is 373 g/mol. The SMILES string of the molecule is COc1ccc(N2CCN(C(=O)Nc3ccc(F)c(Cl)c3)CC2)c(OC)c1. The van der Waals surface area contributed by atoms with E-state index in [0.29, 0.717) is 31.9 Å². The highest BCUT2D eigenvalue weighted by atomic mass is 35.5. The summed E-state index contributed by atoms with van der Waals surface area (Å²) >= 11 is 5.75. The van der Waals surface area contributed by atoms with E-state index in [1.54, 1.807) is 19.1 Å². The fourth-order valence-corrected chi connectivity index (χ4v) is 3.15. The lowest BCUT2D eigenvalue weighted by atomic mass is 10.2. The van der Waals surface area contributed by atoms with Crippen LogP contribution in [0.4, 0.5) is 20.6 Å². The number of methoxy groups -OCH3 is 2. The highest BCUT2D eigenvalue weighted by Crippen LogP contribution is 2.32. The first kappa shape index (κ1) is 19.1. The van der Waals surface area contributed by atoms with Crippen molar-refractivity contribution in [1.29, 1.82) is 0 Å². The van der Waals surface area contributed by atoms with Crippen LogP contribution in [0, 0.1) is 5.82 Å². The molecule has 0 aliphatic carbocycles. The standard InChI is InChI=1S/C19H21ClFN3O3/c1-26-14-4-6-17(18(12-14)27-2)23-7-9-24(10-8-23)19(25)22-13-3-5-16(21)15(20)11-13/h3-6,11-12H,7-10H2,1-2H3,(H,22,25). The van der Waals surface area contributed by atoms with Gasteiger partial charge in [-0.05, 0) is 30.3 Å². The molecule has 1 fully saturated rings. The van der Waals surface area contributed by atoms with E-state index < -0.39 is 5.82 Å². The van der Waals surface area contributed by atoms with Gasteiger partial charge in [0.2, 0.25) is 0 Å². The molecule has 1 aliphatic rings. The molecule has 27 heavy (non-hydrogen) atoms. The predicted octanol–water partition coefficient (Wildman–Crippen LogP) is 3.85. The Morgan fingerprint density at radius 3 is 2.44 bits per heavy atom. The highest BCUT2D eigenvalue weighted by molar-refractivity contribution is 6.31. The average molecular weight is 394 g/mol. The number of carbonyl (C=O) groups excluding carboxylic acids is 1. The van der Waals surface area contributed by atoms with Crippen LogP contribution in [0.15, 0.2) is 36.4 Å². The molecule has 0 aromatic heterocycles. The zero-order valence-electron chi connectivity index (χ0n) is 15.2. The number of rotatable bonds is 4. The van der Waals surface area contributed by atoms with Crippen LogP contribution in [-0.2, 0) is 0 Å². The van der Waals surface area contributed by atoms with Gasteiger partial charge in [0.1, 0.15) is 17.3 Å². The molecule has 0 atom stereocenters. The Bertz CT molecular complexity index is 826. The number of piperazine rings is 1. The number of benzene rings is 2. The van der Waals surface area contributed by atoms with Crippen LogP contribution in [0.5, 0.6) is 11.5 Å². The fraction of sp³-hybridized carbons (Fsp3) is 0.316. The number of urea groups is 1. The van der Waals surface area contributed by atoms with E-state index >= 15 is 0 Å². The van der Waals surface area contributed by atoms with Gasteiger partial charge < -0.3 is 24.6 Å². The number of nitrogens with one attached hydrogen (secondary N) is 1. The third-order valence-corrected chi connectivity index (χ3v) is 4.75. The van der Waals surface area contributed by atoms with Gasteiger partial charge in [-0.3, -0.25) is 0 Å². The summed E-state index contributed by atoms with van der Waals surface area (Å²) in [6, 6.07) is 9.55. The number of ether oxygens (including phenoxy) is 2. The predicted molar refractivity (Wildman–Crippen MR) is 104 cm³/mol. The lowest BCUT2D eigenvalue weighted by Gasteiger charge is -2.36. The second-order valence-corrected chi connectivity index (χ2v) is 6.48. The van der Waals surface area contributed by atoms with Gasteiger partial charge in [0.05, 0.1) is 24.9 Å². The van der Waals surface area contributed by atoms with Crippen LogP contribution in [0.2, 0.25) is 5.02 Å². The Labute approximate surface area is 162 Å². The Morgan fingerprint density at radius 1 is 1.07 bits per heavy atom. The van der Waals surface area contributed by atoms with E-state index in [0.717, 1.165) is 17.2 Å². The zero-order chi connectivity index (χ0) is 19.4. The summed E-state index contributed by atoms with van der Waals surface area (Å²) in [5, 5.41) is 2.72.